The summed E-state index contributed by atoms with van der Waals surface area (Å²) in [5, 5.41) is 33.4. The van der Waals surface area contributed by atoms with E-state index in [-0.39, 0.29) is 27.2 Å². The number of nitrogens with one attached hydrogen (secondary N) is 1. The van der Waals surface area contributed by atoms with Crippen LogP contribution in [0.1, 0.15) is 7.43 Å². The van der Waals surface area contributed by atoms with Crippen molar-refractivity contribution in [3.8, 4) is 0 Å². The van der Waals surface area contributed by atoms with Crippen molar-refractivity contribution in [2.24, 2.45) is 0 Å². The number of nitrogen functional groups attached to an aromatic ring is 1. The van der Waals surface area contributed by atoms with Gasteiger partial charge in [-0.2, -0.15) is 15.3 Å². The molecule has 0 fully saturated rings. The maximum atomic E-state index is 10.2. The lowest BCUT2D eigenvalue weighted by atomic mass is 10.6. The maximum Gasteiger partial charge on any atom is 0.306 e. The van der Waals surface area contributed by atoms with E-state index in [2.05, 4.69) is 25.1 Å². The molecule has 0 aromatic carbocycles. The van der Waals surface area contributed by atoms with E-state index in [1.807, 2.05) is 0 Å². The van der Waals surface area contributed by atoms with Crippen LogP contribution in [0.25, 0.3) is 0 Å². The first-order chi connectivity index (χ1) is 16.8. The van der Waals surface area contributed by atoms with Crippen LogP contribution in [0.4, 0.5) is 17.1 Å². The highest BCUT2D eigenvalue weighted by molar-refractivity contribution is 6.17. The number of H-pyrrole nitrogens is 1. The van der Waals surface area contributed by atoms with Crippen molar-refractivity contribution in [3.63, 3.8) is 0 Å². The Morgan fingerprint density at radius 2 is 1.43 bits per heavy atom. The average molecular weight is 547 g/mol. The lowest BCUT2D eigenvalue weighted by Gasteiger charge is -1.97. The number of nitrogens with zero attached hydrogens (tertiary/aromatic N) is 7. The van der Waals surface area contributed by atoms with E-state index in [1.54, 1.807) is 38.4 Å². The third-order valence-electron chi connectivity index (χ3n) is 3.51. The summed E-state index contributed by atoms with van der Waals surface area (Å²) >= 11 is 5.18. The minimum absolute atomic E-state index is 0. The fourth-order valence-electron chi connectivity index (χ4n) is 1.86. The Kier molecular flexibility index (Phi) is 24.8. The fourth-order valence-corrected chi connectivity index (χ4v) is 2.02. The van der Waals surface area contributed by atoms with Gasteiger partial charge in [0.05, 0.1) is 60.8 Å². The number of nitro groups is 2. The number of anilines is 1. The topological polar surface area (TPSA) is 204 Å². The Labute approximate surface area is 221 Å². The van der Waals surface area contributed by atoms with Gasteiger partial charge in [-0.05, 0) is 0 Å². The Morgan fingerprint density at radius 3 is 1.73 bits per heavy atom. The first-order valence-corrected chi connectivity index (χ1v) is 10.4. The van der Waals surface area contributed by atoms with Crippen LogP contribution >= 0.6 is 11.6 Å². The minimum atomic E-state index is -0.510. The van der Waals surface area contributed by atoms with E-state index in [1.165, 1.54) is 23.3 Å². The molecule has 16 nitrogen and oxygen atoms in total. The number of alkyl halides is 1. The molecule has 0 aliphatic carbocycles. The van der Waals surface area contributed by atoms with Gasteiger partial charge in [-0.25, -0.2) is 0 Å². The van der Waals surface area contributed by atoms with Crippen LogP contribution in [-0.2, 0) is 27.3 Å². The molecule has 0 amide bonds. The van der Waals surface area contributed by atoms with Gasteiger partial charge in [0.25, 0.3) is 0 Å². The zero-order chi connectivity index (χ0) is 26.5. The number of nitrogens with two attached hydrogens (primary N) is 1. The predicted molar refractivity (Wildman–Crippen MR) is 140 cm³/mol. The number of aromatic nitrogens is 6. The summed E-state index contributed by atoms with van der Waals surface area (Å²) < 4.78 is 17.4. The fraction of sp³-hybridized carbons (Fsp3) is 0.526. The van der Waals surface area contributed by atoms with Gasteiger partial charge >= 0.3 is 11.4 Å². The number of aromatic amines is 1. The molecular weight excluding hydrogens is 513 g/mol. The Morgan fingerprint density at radius 1 is 0.919 bits per heavy atom. The molecule has 3 aromatic heterocycles. The molecule has 0 aliphatic rings. The van der Waals surface area contributed by atoms with Gasteiger partial charge in [-0.1, -0.05) is 7.43 Å². The van der Waals surface area contributed by atoms with Gasteiger partial charge < -0.3 is 19.9 Å². The molecule has 0 saturated carbocycles. The van der Waals surface area contributed by atoms with E-state index in [0.29, 0.717) is 37.9 Å². The van der Waals surface area contributed by atoms with Crippen LogP contribution in [0.15, 0.2) is 37.2 Å². The molecule has 0 atom stereocenters. The molecule has 0 bridgehead atoms. The van der Waals surface area contributed by atoms with Crippen molar-refractivity contribution in [1.29, 1.82) is 0 Å². The molecule has 0 unspecified atom stereocenters. The smallest absolute Gasteiger partial charge is 0.306 e. The zero-order valence-corrected chi connectivity index (χ0v) is 21.0. The highest BCUT2D eigenvalue weighted by Gasteiger charge is 2.07. The van der Waals surface area contributed by atoms with Gasteiger partial charge in [0.15, 0.2) is 0 Å². The van der Waals surface area contributed by atoms with Crippen LogP contribution in [0.3, 0.4) is 0 Å². The van der Waals surface area contributed by atoms with Crippen LogP contribution in [-0.4, -0.2) is 95.0 Å². The van der Waals surface area contributed by atoms with Crippen molar-refractivity contribution >= 4 is 37.1 Å². The quantitative estimate of drug-likeness (QED) is 0.163. The van der Waals surface area contributed by atoms with Crippen LogP contribution < -0.4 is 5.73 Å². The van der Waals surface area contributed by atoms with Crippen LogP contribution in [0.5, 0.6) is 0 Å². The monoisotopic (exact) mass is 546 g/mol. The number of halogens is 1. The summed E-state index contributed by atoms with van der Waals surface area (Å²) in [6.07, 6.45) is 8.36. The first kappa shape index (κ1) is 38.0. The molecule has 3 radical (unpaired) electrons. The lowest BCUT2D eigenvalue weighted by Crippen LogP contribution is -2.03. The van der Waals surface area contributed by atoms with Gasteiger partial charge in [0, 0.05) is 41.8 Å². The summed E-state index contributed by atoms with van der Waals surface area (Å²) in [5.74, 6) is 0.594. The highest BCUT2D eigenvalue weighted by atomic mass is 35.5. The first-order valence-electron chi connectivity index (χ1n) is 9.89. The van der Waals surface area contributed by atoms with Gasteiger partial charge in [-0.3, -0.25) is 34.7 Å². The maximum absolute atomic E-state index is 10.2. The number of hydrogen-bond donors (Lipinski definition) is 2. The number of rotatable bonds is 10. The predicted octanol–water partition coefficient (Wildman–Crippen LogP) is 1.99. The van der Waals surface area contributed by atoms with E-state index < -0.39 is 9.85 Å². The number of ether oxygens (including phenoxy) is 3. The molecule has 3 aromatic rings. The molecular formula is C19H34BClN9O7. The van der Waals surface area contributed by atoms with Crippen molar-refractivity contribution in [3.05, 3.63) is 57.4 Å². The van der Waals surface area contributed by atoms with Crippen molar-refractivity contribution in [2.75, 3.05) is 52.8 Å². The van der Waals surface area contributed by atoms with Crippen molar-refractivity contribution in [2.45, 2.75) is 20.5 Å². The third-order valence-corrected chi connectivity index (χ3v) is 3.66. The van der Waals surface area contributed by atoms with Crippen LogP contribution in [0.2, 0.25) is 0 Å². The Bertz CT molecular complexity index is 940. The minimum Gasteiger partial charge on any atom is -0.396 e. The molecule has 18 heteroatoms. The third kappa shape index (κ3) is 19.3. The van der Waals surface area contributed by atoms with Gasteiger partial charge in [0.2, 0.25) is 0 Å². The molecule has 37 heavy (non-hydrogen) atoms. The second-order valence-electron chi connectivity index (χ2n) is 6.14. The SMILES string of the molecule is C.COCCCl.COCCn1cc(N)cn1.COCCn1cc([N+](=O)[O-])cn1.O=[N+]([O-])c1cn[nH]c1.[B]. The Hall–Kier alpha value is -3.54. The Balaban J connectivity index is -0.000000425. The molecule has 207 valence electrons. The van der Waals surface area contributed by atoms with E-state index in [0.717, 1.165) is 12.7 Å². The second-order valence-corrected chi connectivity index (χ2v) is 6.51. The van der Waals surface area contributed by atoms with Crippen molar-refractivity contribution in [1.82, 2.24) is 29.8 Å². The summed E-state index contributed by atoms with van der Waals surface area (Å²) in [5.41, 5.74) is 6.11. The molecule has 0 saturated heterocycles. The summed E-state index contributed by atoms with van der Waals surface area (Å²) in [6.45, 7) is 3.11. The largest absolute Gasteiger partial charge is 0.396 e. The van der Waals surface area contributed by atoms with Gasteiger partial charge in [0.1, 0.15) is 18.6 Å². The molecule has 3 heterocycles. The average Bonchev–Trinajstić information content (AvgIpc) is 3.60. The van der Waals surface area contributed by atoms with E-state index >= 15 is 0 Å². The standard InChI is InChI=1S/C6H9N3O3.C6H11N3O.C3H7ClO.C3H3N3O2.CH4.B/c1-12-3-2-8-5-6(4-7-8)9(10)11;1-10-3-2-9-5-6(7)4-8-9;1-5-3-2-4;7-6(8)3-1-4-5-2-3;;/h4-5H,2-3H2,1H3;4-5H,2-3,7H2,1H3;2-3H2,1H3;1-2H,(H,4,5);1H4;. The summed E-state index contributed by atoms with van der Waals surface area (Å²) in [6, 6.07) is 0. The normalized spacial score (nSPS) is 9.08. The summed E-state index contributed by atoms with van der Waals surface area (Å²) in [7, 11) is 4.85. The molecule has 3 rings (SSSR count). The van der Waals surface area contributed by atoms with E-state index in [4.69, 9.17) is 26.8 Å². The lowest BCUT2D eigenvalue weighted by molar-refractivity contribution is -0.385. The molecule has 0 spiro atoms. The number of hydrogen-bond acceptors (Lipinski definition) is 11. The molecule has 0 aliphatic heterocycles. The second kappa shape index (κ2) is 24.2. The summed E-state index contributed by atoms with van der Waals surface area (Å²) in [4.78, 5) is 19.0. The molecule has 3 N–H and O–H groups in total. The van der Waals surface area contributed by atoms with Gasteiger partial charge in [-0.15, -0.1) is 11.6 Å². The van der Waals surface area contributed by atoms with Crippen molar-refractivity contribution < 1.29 is 24.1 Å². The van der Waals surface area contributed by atoms with E-state index in [9.17, 15) is 20.2 Å². The van der Waals surface area contributed by atoms with Crippen LogP contribution in [0, 0.1) is 20.2 Å². The number of methoxy groups -OCH3 is 3. The highest BCUT2D eigenvalue weighted by Crippen LogP contribution is 2.07. The zero-order valence-electron chi connectivity index (χ0n) is 20.2.